The van der Waals surface area contributed by atoms with Crippen LogP contribution < -0.4 is 19.5 Å². The molecular weight excluding hydrogens is 372 g/mol. The zero-order chi connectivity index (χ0) is 19.9. The SMILES string of the molecule is O=C(COC(=O)c1cc2c(cc1[N+](=O)[O-])OCO2)NCCOc1ccccc1. The van der Waals surface area contributed by atoms with Gasteiger partial charge in [-0.05, 0) is 12.1 Å². The first-order valence-corrected chi connectivity index (χ1v) is 8.24. The third kappa shape index (κ3) is 4.67. The van der Waals surface area contributed by atoms with Gasteiger partial charge in [0.2, 0.25) is 6.79 Å². The Morgan fingerprint density at radius 2 is 1.86 bits per heavy atom. The minimum absolute atomic E-state index is 0.0988. The molecule has 0 bridgehead atoms. The Kier molecular flexibility index (Phi) is 5.90. The maximum atomic E-state index is 12.2. The second kappa shape index (κ2) is 8.71. The highest BCUT2D eigenvalue weighted by molar-refractivity contribution is 5.96. The predicted octanol–water partition coefficient (Wildman–Crippen LogP) is 1.68. The van der Waals surface area contributed by atoms with Crippen molar-refractivity contribution in [2.75, 3.05) is 26.6 Å². The van der Waals surface area contributed by atoms with Crippen LogP contribution >= 0.6 is 0 Å². The zero-order valence-electron chi connectivity index (χ0n) is 14.6. The van der Waals surface area contributed by atoms with Crippen LogP contribution in [0.4, 0.5) is 5.69 Å². The predicted molar refractivity (Wildman–Crippen MR) is 94.4 cm³/mol. The Morgan fingerprint density at radius 3 is 2.57 bits per heavy atom. The number of nitro benzene ring substituents is 1. The number of fused-ring (bicyclic) bond motifs is 1. The molecule has 0 radical (unpaired) electrons. The van der Waals surface area contributed by atoms with Gasteiger partial charge in [-0.2, -0.15) is 0 Å². The summed E-state index contributed by atoms with van der Waals surface area (Å²) >= 11 is 0. The number of benzene rings is 2. The van der Waals surface area contributed by atoms with E-state index < -0.39 is 29.1 Å². The van der Waals surface area contributed by atoms with Crippen LogP contribution in [0.15, 0.2) is 42.5 Å². The second-order valence-corrected chi connectivity index (χ2v) is 5.57. The summed E-state index contributed by atoms with van der Waals surface area (Å²) < 4.78 is 20.4. The van der Waals surface area contributed by atoms with Crippen molar-refractivity contribution in [3.8, 4) is 17.2 Å². The molecule has 10 nitrogen and oxygen atoms in total. The van der Waals surface area contributed by atoms with E-state index in [0.29, 0.717) is 5.75 Å². The van der Waals surface area contributed by atoms with Gasteiger partial charge in [-0.25, -0.2) is 4.79 Å². The molecule has 28 heavy (non-hydrogen) atoms. The topological polar surface area (TPSA) is 126 Å². The quantitative estimate of drug-likeness (QED) is 0.313. The third-order valence-electron chi connectivity index (χ3n) is 3.68. The Labute approximate surface area is 159 Å². The van der Waals surface area contributed by atoms with Crippen molar-refractivity contribution in [3.63, 3.8) is 0 Å². The van der Waals surface area contributed by atoms with E-state index in [1.807, 2.05) is 18.2 Å². The maximum Gasteiger partial charge on any atom is 0.345 e. The number of esters is 1. The van der Waals surface area contributed by atoms with Gasteiger partial charge in [-0.3, -0.25) is 14.9 Å². The van der Waals surface area contributed by atoms with Gasteiger partial charge in [0.15, 0.2) is 18.1 Å². The number of ether oxygens (including phenoxy) is 4. The molecule has 0 atom stereocenters. The second-order valence-electron chi connectivity index (χ2n) is 5.57. The van der Waals surface area contributed by atoms with E-state index in [1.54, 1.807) is 12.1 Å². The highest BCUT2D eigenvalue weighted by atomic mass is 16.7. The van der Waals surface area contributed by atoms with Crippen LogP contribution in [0.3, 0.4) is 0 Å². The smallest absolute Gasteiger partial charge is 0.345 e. The number of nitro groups is 1. The number of hydrogen-bond donors (Lipinski definition) is 1. The molecule has 1 aliphatic heterocycles. The summed E-state index contributed by atoms with van der Waals surface area (Å²) in [5.74, 6) is -0.549. The van der Waals surface area contributed by atoms with Crippen LogP contribution in [0.25, 0.3) is 0 Å². The van der Waals surface area contributed by atoms with Gasteiger partial charge in [-0.15, -0.1) is 0 Å². The third-order valence-corrected chi connectivity index (χ3v) is 3.68. The molecule has 0 saturated carbocycles. The van der Waals surface area contributed by atoms with Gasteiger partial charge in [0.1, 0.15) is 17.9 Å². The van der Waals surface area contributed by atoms with Crippen LogP contribution in [0.1, 0.15) is 10.4 Å². The Morgan fingerprint density at radius 1 is 1.14 bits per heavy atom. The fourth-order valence-corrected chi connectivity index (χ4v) is 2.38. The molecule has 1 N–H and O–H groups in total. The summed E-state index contributed by atoms with van der Waals surface area (Å²) in [6.45, 7) is -0.249. The van der Waals surface area contributed by atoms with Crippen molar-refractivity contribution in [2.24, 2.45) is 0 Å². The molecule has 10 heteroatoms. The van der Waals surface area contributed by atoms with Crippen molar-refractivity contribution in [3.05, 3.63) is 58.1 Å². The number of nitrogens with one attached hydrogen (secondary N) is 1. The average molecular weight is 388 g/mol. The Bertz CT molecular complexity index is 885. The maximum absolute atomic E-state index is 12.2. The highest BCUT2D eigenvalue weighted by Crippen LogP contribution is 2.38. The molecule has 0 fully saturated rings. The van der Waals surface area contributed by atoms with E-state index in [0.717, 1.165) is 12.1 Å². The number of carbonyl (C=O) groups is 2. The van der Waals surface area contributed by atoms with E-state index in [1.165, 1.54) is 0 Å². The summed E-state index contributed by atoms with van der Waals surface area (Å²) in [5.41, 5.74) is -0.819. The fourth-order valence-electron chi connectivity index (χ4n) is 2.38. The number of para-hydroxylation sites is 1. The molecule has 2 aromatic rings. The Hall–Kier alpha value is -3.82. The molecule has 1 heterocycles. The Balaban J connectivity index is 1.48. The van der Waals surface area contributed by atoms with Crippen molar-refractivity contribution in [1.29, 1.82) is 0 Å². The first-order valence-electron chi connectivity index (χ1n) is 8.24. The molecule has 0 aromatic heterocycles. The summed E-state index contributed by atoms with van der Waals surface area (Å²) in [6.07, 6.45) is 0. The van der Waals surface area contributed by atoms with Crippen LogP contribution in [-0.2, 0) is 9.53 Å². The summed E-state index contributed by atoms with van der Waals surface area (Å²) in [5, 5.41) is 13.7. The monoisotopic (exact) mass is 388 g/mol. The van der Waals surface area contributed by atoms with E-state index in [2.05, 4.69) is 5.32 Å². The van der Waals surface area contributed by atoms with Crippen molar-refractivity contribution >= 4 is 17.6 Å². The van der Waals surface area contributed by atoms with Crippen LogP contribution in [-0.4, -0.2) is 43.4 Å². The van der Waals surface area contributed by atoms with Crippen LogP contribution in [0.5, 0.6) is 17.2 Å². The number of rotatable bonds is 8. The van der Waals surface area contributed by atoms with Gasteiger partial charge in [0.05, 0.1) is 17.5 Å². The van der Waals surface area contributed by atoms with Gasteiger partial charge in [-0.1, -0.05) is 18.2 Å². The van der Waals surface area contributed by atoms with Gasteiger partial charge >= 0.3 is 5.97 Å². The number of hydrogen-bond acceptors (Lipinski definition) is 8. The van der Waals surface area contributed by atoms with Gasteiger partial charge < -0.3 is 24.3 Å². The number of amides is 1. The van der Waals surface area contributed by atoms with Crippen molar-refractivity contribution in [1.82, 2.24) is 5.32 Å². The van der Waals surface area contributed by atoms with Gasteiger partial charge in [0.25, 0.3) is 11.6 Å². The first kappa shape index (κ1) is 19.0. The molecule has 146 valence electrons. The lowest BCUT2D eigenvalue weighted by Crippen LogP contribution is -2.32. The molecule has 0 saturated heterocycles. The minimum Gasteiger partial charge on any atom is -0.492 e. The average Bonchev–Trinajstić information content (AvgIpc) is 3.16. The normalized spacial score (nSPS) is 11.6. The molecule has 2 aromatic carbocycles. The van der Waals surface area contributed by atoms with E-state index in [-0.39, 0.29) is 37.0 Å². The summed E-state index contributed by atoms with van der Waals surface area (Å²) in [4.78, 5) is 34.4. The standard InChI is InChI=1S/C18H16N2O8/c21-17(19-6-7-25-12-4-2-1-3-5-12)10-26-18(22)13-8-15-16(28-11-27-15)9-14(13)20(23)24/h1-5,8-9H,6-7,10-11H2,(H,19,21). The van der Waals surface area contributed by atoms with Crippen LogP contribution in [0.2, 0.25) is 0 Å². The highest BCUT2D eigenvalue weighted by Gasteiger charge is 2.28. The number of nitrogens with zero attached hydrogens (tertiary/aromatic N) is 1. The zero-order valence-corrected chi connectivity index (χ0v) is 14.6. The fraction of sp³-hybridized carbons (Fsp3) is 0.222. The molecule has 0 unspecified atom stereocenters. The molecule has 0 spiro atoms. The minimum atomic E-state index is -1.01. The van der Waals surface area contributed by atoms with Crippen LogP contribution in [0, 0.1) is 10.1 Å². The number of carbonyl (C=O) groups excluding carboxylic acids is 2. The van der Waals surface area contributed by atoms with E-state index >= 15 is 0 Å². The first-order chi connectivity index (χ1) is 13.5. The summed E-state index contributed by atoms with van der Waals surface area (Å²) in [6, 6.07) is 11.3. The summed E-state index contributed by atoms with van der Waals surface area (Å²) in [7, 11) is 0. The molecule has 0 aliphatic carbocycles. The molecule has 1 aliphatic rings. The van der Waals surface area contributed by atoms with E-state index in [9.17, 15) is 19.7 Å². The molecular formula is C18H16N2O8. The lowest BCUT2D eigenvalue weighted by Gasteiger charge is -2.09. The molecule has 3 rings (SSSR count). The lowest BCUT2D eigenvalue weighted by atomic mass is 10.1. The largest absolute Gasteiger partial charge is 0.492 e. The lowest BCUT2D eigenvalue weighted by molar-refractivity contribution is -0.385. The van der Waals surface area contributed by atoms with Crippen molar-refractivity contribution < 1.29 is 33.5 Å². The van der Waals surface area contributed by atoms with E-state index in [4.69, 9.17) is 18.9 Å². The molecule has 1 amide bonds. The van der Waals surface area contributed by atoms with Gasteiger partial charge in [0, 0.05) is 6.07 Å². The van der Waals surface area contributed by atoms with Crippen molar-refractivity contribution in [2.45, 2.75) is 0 Å².